The van der Waals surface area contributed by atoms with Crippen LogP contribution in [0.25, 0.3) is 0 Å². The fraction of sp³-hybridized carbons (Fsp3) is 0.467. The normalized spacial score (nSPS) is 12.3. The van der Waals surface area contributed by atoms with Gasteiger partial charge in [-0.05, 0) is 31.9 Å². The van der Waals surface area contributed by atoms with Gasteiger partial charge in [0.15, 0.2) is 5.78 Å². The summed E-state index contributed by atoms with van der Waals surface area (Å²) in [7, 11) is 0. The van der Waals surface area contributed by atoms with Crippen molar-refractivity contribution in [2.24, 2.45) is 5.92 Å². The Balaban J connectivity index is 2.61. The first-order chi connectivity index (χ1) is 8.90. The van der Waals surface area contributed by atoms with Crippen LogP contribution < -0.4 is 5.32 Å². The van der Waals surface area contributed by atoms with Gasteiger partial charge in [-0.3, -0.25) is 9.59 Å². The molecule has 1 aromatic carbocycles. The number of nitrogens with one attached hydrogen (secondary N) is 1. The minimum atomic E-state index is -0.511. The molecule has 1 rings (SSSR count). The molecule has 0 aliphatic heterocycles. The van der Waals surface area contributed by atoms with Crippen molar-refractivity contribution in [3.63, 3.8) is 0 Å². The summed E-state index contributed by atoms with van der Waals surface area (Å²) in [5.41, 5.74) is 1.19. The van der Waals surface area contributed by atoms with Crippen molar-refractivity contribution in [3.05, 3.63) is 29.8 Å². The van der Waals surface area contributed by atoms with E-state index in [0.29, 0.717) is 23.8 Å². The molecule has 0 aliphatic rings. The number of ketones is 1. The molecule has 4 heteroatoms. The SMILES string of the molecule is CC(=O)c1cccc(NC(=O)[C@H](C)OCC(C)C)c1. The van der Waals surface area contributed by atoms with Gasteiger partial charge in [0, 0.05) is 17.9 Å². The van der Waals surface area contributed by atoms with Crippen molar-refractivity contribution in [2.45, 2.75) is 33.8 Å². The van der Waals surface area contributed by atoms with Gasteiger partial charge in [0.25, 0.3) is 5.91 Å². The lowest BCUT2D eigenvalue weighted by molar-refractivity contribution is -0.126. The summed E-state index contributed by atoms with van der Waals surface area (Å²) in [5, 5.41) is 2.74. The monoisotopic (exact) mass is 263 g/mol. The van der Waals surface area contributed by atoms with Crippen molar-refractivity contribution in [2.75, 3.05) is 11.9 Å². The van der Waals surface area contributed by atoms with E-state index in [1.54, 1.807) is 31.2 Å². The standard InChI is InChI=1S/C15H21NO3/c1-10(2)9-19-12(4)15(18)16-14-7-5-6-13(8-14)11(3)17/h5-8,10,12H,9H2,1-4H3,(H,16,18)/t12-/m0/s1. The highest BCUT2D eigenvalue weighted by atomic mass is 16.5. The first kappa shape index (κ1) is 15.4. The second-order valence-corrected chi connectivity index (χ2v) is 5.00. The zero-order chi connectivity index (χ0) is 14.4. The Morgan fingerprint density at radius 2 is 1.95 bits per heavy atom. The Morgan fingerprint density at radius 3 is 2.53 bits per heavy atom. The highest BCUT2D eigenvalue weighted by Crippen LogP contribution is 2.12. The van der Waals surface area contributed by atoms with E-state index in [9.17, 15) is 9.59 Å². The van der Waals surface area contributed by atoms with E-state index < -0.39 is 6.10 Å². The maximum atomic E-state index is 11.9. The van der Waals surface area contributed by atoms with E-state index in [4.69, 9.17) is 4.74 Å². The molecule has 0 fully saturated rings. The molecular weight excluding hydrogens is 242 g/mol. The Bertz CT molecular complexity index is 454. The van der Waals surface area contributed by atoms with Gasteiger partial charge in [-0.1, -0.05) is 26.0 Å². The fourth-order valence-electron chi connectivity index (χ4n) is 1.47. The van der Waals surface area contributed by atoms with Crippen molar-refractivity contribution in [1.82, 2.24) is 0 Å². The van der Waals surface area contributed by atoms with E-state index in [1.165, 1.54) is 6.92 Å². The number of Topliss-reactive ketones (excluding diaryl/α,β-unsaturated/α-hetero) is 1. The molecule has 0 saturated heterocycles. The largest absolute Gasteiger partial charge is 0.368 e. The van der Waals surface area contributed by atoms with Crippen molar-refractivity contribution in [1.29, 1.82) is 0 Å². The molecule has 4 nitrogen and oxygen atoms in total. The highest BCUT2D eigenvalue weighted by Gasteiger charge is 2.14. The highest BCUT2D eigenvalue weighted by molar-refractivity contribution is 5.98. The zero-order valence-corrected chi connectivity index (χ0v) is 11.9. The topological polar surface area (TPSA) is 55.4 Å². The molecule has 0 aromatic heterocycles. The van der Waals surface area contributed by atoms with Gasteiger partial charge < -0.3 is 10.1 Å². The lowest BCUT2D eigenvalue weighted by atomic mass is 10.1. The number of hydrogen-bond donors (Lipinski definition) is 1. The van der Waals surface area contributed by atoms with Gasteiger partial charge in [-0.15, -0.1) is 0 Å². The smallest absolute Gasteiger partial charge is 0.253 e. The van der Waals surface area contributed by atoms with Crippen LogP contribution in [-0.4, -0.2) is 24.4 Å². The molecule has 0 bridgehead atoms. The average molecular weight is 263 g/mol. The summed E-state index contributed by atoms with van der Waals surface area (Å²) < 4.78 is 5.44. The van der Waals surface area contributed by atoms with Gasteiger partial charge in [0.05, 0.1) is 0 Å². The van der Waals surface area contributed by atoms with Gasteiger partial charge in [-0.2, -0.15) is 0 Å². The Hall–Kier alpha value is -1.68. The van der Waals surface area contributed by atoms with E-state index >= 15 is 0 Å². The molecule has 1 aromatic rings. The molecular formula is C15H21NO3. The zero-order valence-electron chi connectivity index (χ0n) is 11.9. The first-order valence-corrected chi connectivity index (χ1v) is 6.43. The summed E-state index contributed by atoms with van der Waals surface area (Å²) in [6, 6.07) is 6.87. The summed E-state index contributed by atoms with van der Waals surface area (Å²) >= 11 is 0. The van der Waals surface area contributed by atoms with Crippen LogP contribution in [0.4, 0.5) is 5.69 Å². The quantitative estimate of drug-likeness (QED) is 0.803. The third kappa shape index (κ3) is 5.22. The predicted octanol–water partition coefficient (Wildman–Crippen LogP) is 2.89. The summed E-state index contributed by atoms with van der Waals surface area (Å²) in [6.45, 7) is 7.81. The van der Waals surface area contributed by atoms with Crippen LogP contribution >= 0.6 is 0 Å². The number of rotatable bonds is 6. The maximum absolute atomic E-state index is 11.9. The van der Waals surface area contributed by atoms with Gasteiger partial charge >= 0.3 is 0 Å². The van der Waals surface area contributed by atoms with Crippen molar-refractivity contribution < 1.29 is 14.3 Å². The lowest BCUT2D eigenvalue weighted by Crippen LogP contribution is -2.28. The summed E-state index contributed by atoms with van der Waals surface area (Å²) in [5.74, 6) is 0.151. The number of carbonyl (C=O) groups is 2. The average Bonchev–Trinajstić information content (AvgIpc) is 2.36. The second kappa shape index (κ2) is 7.04. The van der Waals surface area contributed by atoms with E-state index in [-0.39, 0.29) is 11.7 Å². The summed E-state index contributed by atoms with van der Waals surface area (Å²) in [4.78, 5) is 23.1. The lowest BCUT2D eigenvalue weighted by Gasteiger charge is -2.15. The minimum Gasteiger partial charge on any atom is -0.368 e. The third-order valence-corrected chi connectivity index (χ3v) is 2.59. The number of ether oxygens (including phenoxy) is 1. The van der Waals surface area contributed by atoms with Crippen LogP contribution in [-0.2, 0) is 9.53 Å². The van der Waals surface area contributed by atoms with Crippen LogP contribution in [0.15, 0.2) is 24.3 Å². The molecule has 1 atom stereocenters. The molecule has 1 N–H and O–H groups in total. The Labute approximate surface area is 114 Å². The van der Waals surface area contributed by atoms with Crippen LogP contribution in [0.5, 0.6) is 0 Å². The predicted molar refractivity (Wildman–Crippen MR) is 75.3 cm³/mol. The number of carbonyl (C=O) groups excluding carboxylic acids is 2. The first-order valence-electron chi connectivity index (χ1n) is 6.43. The summed E-state index contributed by atoms with van der Waals surface area (Å²) in [6.07, 6.45) is -0.511. The molecule has 0 unspecified atom stereocenters. The molecule has 0 saturated carbocycles. The number of benzene rings is 1. The molecule has 0 aliphatic carbocycles. The van der Waals surface area contributed by atoms with E-state index in [0.717, 1.165) is 0 Å². The molecule has 19 heavy (non-hydrogen) atoms. The van der Waals surface area contributed by atoms with Crippen molar-refractivity contribution in [3.8, 4) is 0 Å². The van der Waals surface area contributed by atoms with Crippen molar-refractivity contribution >= 4 is 17.4 Å². The van der Waals surface area contributed by atoms with E-state index in [1.807, 2.05) is 13.8 Å². The number of anilines is 1. The van der Waals surface area contributed by atoms with Crippen LogP contribution in [0, 0.1) is 5.92 Å². The van der Waals surface area contributed by atoms with Gasteiger partial charge in [-0.25, -0.2) is 0 Å². The van der Waals surface area contributed by atoms with Crippen LogP contribution in [0.2, 0.25) is 0 Å². The van der Waals surface area contributed by atoms with Crippen LogP contribution in [0.3, 0.4) is 0 Å². The number of amides is 1. The molecule has 0 spiro atoms. The molecule has 104 valence electrons. The molecule has 1 amide bonds. The molecule has 0 heterocycles. The second-order valence-electron chi connectivity index (χ2n) is 5.00. The van der Waals surface area contributed by atoms with Crippen LogP contribution in [0.1, 0.15) is 38.1 Å². The third-order valence-electron chi connectivity index (χ3n) is 2.59. The fourth-order valence-corrected chi connectivity index (χ4v) is 1.47. The molecule has 0 radical (unpaired) electrons. The van der Waals surface area contributed by atoms with E-state index in [2.05, 4.69) is 5.32 Å². The maximum Gasteiger partial charge on any atom is 0.253 e. The Kier molecular flexibility index (Phi) is 5.70. The van der Waals surface area contributed by atoms with Gasteiger partial charge in [0.1, 0.15) is 6.10 Å². The Morgan fingerprint density at radius 1 is 1.26 bits per heavy atom. The minimum absolute atomic E-state index is 0.0276. The van der Waals surface area contributed by atoms with Gasteiger partial charge in [0.2, 0.25) is 0 Å². The number of hydrogen-bond acceptors (Lipinski definition) is 3.